The first-order valence-corrected chi connectivity index (χ1v) is 8.85. The lowest BCUT2D eigenvalue weighted by molar-refractivity contribution is 0.0638. The van der Waals surface area contributed by atoms with Crippen LogP contribution in [0, 0.1) is 5.82 Å². The number of amides is 1. The quantitative estimate of drug-likeness (QED) is 0.682. The van der Waals surface area contributed by atoms with E-state index in [9.17, 15) is 18.0 Å². The fourth-order valence-electron chi connectivity index (χ4n) is 2.99. The molecule has 0 radical (unpaired) electrons. The first-order chi connectivity index (χ1) is 13.0. The number of carbonyl (C=O) groups is 1. The molecule has 0 N–H and O–H groups in total. The topological polar surface area (TPSA) is 76.8 Å². The fourth-order valence-corrected chi connectivity index (χ4v) is 3.66. The molecule has 1 aromatic carbocycles. The van der Waals surface area contributed by atoms with Crippen LogP contribution in [0.1, 0.15) is 41.4 Å². The number of alkyl halides is 2. The van der Waals surface area contributed by atoms with E-state index >= 15 is 0 Å². The molecule has 0 saturated heterocycles. The minimum Gasteiger partial charge on any atom is -0.327 e. The maximum atomic E-state index is 13.1. The molecule has 0 aliphatic carbocycles. The molecule has 1 atom stereocenters. The zero-order valence-electron chi connectivity index (χ0n) is 14.0. The molecule has 4 rings (SSSR count). The van der Waals surface area contributed by atoms with Crippen molar-refractivity contribution < 1.29 is 18.0 Å². The summed E-state index contributed by atoms with van der Waals surface area (Å²) in [6.45, 7) is 2.56. The van der Waals surface area contributed by atoms with E-state index in [-0.39, 0.29) is 17.0 Å². The van der Waals surface area contributed by atoms with Crippen LogP contribution in [0.15, 0.2) is 24.3 Å². The van der Waals surface area contributed by atoms with Gasteiger partial charge in [0.1, 0.15) is 5.82 Å². The first-order valence-electron chi connectivity index (χ1n) is 8.07. The molecule has 7 nitrogen and oxygen atoms in total. The smallest absolute Gasteiger partial charge is 0.298 e. The van der Waals surface area contributed by atoms with Crippen molar-refractivity contribution in [1.82, 2.24) is 29.0 Å². The highest BCUT2D eigenvalue weighted by Gasteiger charge is 2.33. The number of carbonyl (C=O) groups excluding carboxylic acids is 1. The van der Waals surface area contributed by atoms with Gasteiger partial charge in [0.05, 0.1) is 6.04 Å². The predicted octanol–water partition coefficient (Wildman–Crippen LogP) is 3.09. The minimum atomic E-state index is -2.75. The van der Waals surface area contributed by atoms with Crippen LogP contribution in [0.5, 0.6) is 0 Å². The van der Waals surface area contributed by atoms with Gasteiger partial charge in [-0.05, 0) is 42.7 Å². The Labute approximate surface area is 155 Å². The summed E-state index contributed by atoms with van der Waals surface area (Å²) < 4.78 is 43.9. The zero-order chi connectivity index (χ0) is 19.1. The fraction of sp³-hybridized carbons (Fsp3) is 0.312. The molecule has 3 heterocycles. The number of hydrogen-bond acceptors (Lipinski definition) is 6. The SMILES string of the molecule is CC1c2nnc(-c3nc(C(F)F)ns3)n2CCN1C(=O)c1ccc(F)cc1. The number of rotatable bonds is 3. The Kier molecular flexibility index (Phi) is 4.38. The number of halogens is 3. The molecule has 0 spiro atoms. The van der Waals surface area contributed by atoms with Crippen molar-refractivity contribution in [3.8, 4) is 10.8 Å². The lowest BCUT2D eigenvalue weighted by atomic mass is 10.1. The van der Waals surface area contributed by atoms with Gasteiger partial charge in [-0.15, -0.1) is 10.2 Å². The maximum absolute atomic E-state index is 13.1. The molecule has 1 amide bonds. The van der Waals surface area contributed by atoms with E-state index in [1.165, 1.54) is 24.3 Å². The van der Waals surface area contributed by atoms with Crippen molar-refractivity contribution in [2.75, 3.05) is 6.54 Å². The average molecular weight is 394 g/mol. The van der Waals surface area contributed by atoms with Gasteiger partial charge in [-0.1, -0.05) is 0 Å². The van der Waals surface area contributed by atoms with Gasteiger partial charge in [0.15, 0.2) is 16.7 Å². The Morgan fingerprint density at radius 2 is 1.96 bits per heavy atom. The highest BCUT2D eigenvalue weighted by Crippen LogP contribution is 2.31. The average Bonchev–Trinajstić information content (AvgIpc) is 3.29. The van der Waals surface area contributed by atoms with Crippen LogP contribution in [0.25, 0.3) is 10.8 Å². The van der Waals surface area contributed by atoms with Crippen molar-refractivity contribution in [2.45, 2.75) is 25.9 Å². The van der Waals surface area contributed by atoms with E-state index < -0.39 is 18.1 Å². The third kappa shape index (κ3) is 3.07. The summed E-state index contributed by atoms with van der Waals surface area (Å²) >= 11 is 0.834. The molecule has 2 aromatic heterocycles. The Morgan fingerprint density at radius 3 is 2.63 bits per heavy atom. The summed E-state index contributed by atoms with van der Waals surface area (Å²) in [5, 5.41) is 8.44. The molecule has 0 fully saturated rings. The minimum absolute atomic E-state index is 0.241. The van der Waals surface area contributed by atoms with Crippen LogP contribution in [0.3, 0.4) is 0 Å². The highest BCUT2D eigenvalue weighted by atomic mass is 32.1. The van der Waals surface area contributed by atoms with E-state index in [0.717, 1.165) is 11.5 Å². The Bertz CT molecular complexity index is 986. The second-order valence-electron chi connectivity index (χ2n) is 5.97. The van der Waals surface area contributed by atoms with E-state index in [4.69, 9.17) is 0 Å². The Morgan fingerprint density at radius 1 is 1.22 bits per heavy atom. The summed E-state index contributed by atoms with van der Waals surface area (Å²) in [5.74, 6) is -0.308. The number of nitrogens with zero attached hydrogens (tertiary/aromatic N) is 6. The maximum Gasteiger partial charge on any atom is 0.298 e. The molecule has 140 valence electrons. The first kappa shape index (κ1) is 17.6. The summed E-state index contributed by atoms with van der Waals surface area (Å²) in [5.41, 5.74) is 0.377. The third-order valence-electron chi connectivity index (χ3n) is 4.37. The van der Waals surface area contributed by atoms with Crippen molar-refractivity contribution in [3.63, 3.8) is 0 Å². The van der Waals surface area contributed by atoms with Crippen LogP contribution in [0.4, 0.5) is 13.2 Å². The van der Waals surface area contributed by atoms with Gasteiger partial charge in [-0.2, -0.15) is 4.37 Å². The van der Waals surface area contributed by atoms with Crippen LogP contribution < -0.4 is 0 Å². The van der Waals surface area contributed by atoms with E-state index in [1.54, 1.807) is 16.4 Å². The van der Waals surface area contributed by atoms with Crippen molar-refractivity contribution in [3.05, 3.63) is 47.3 Å². The number of fused-ring (bicyclic) bond motifs is 1. The second kappa shape index (κ2) is 6.72. The number of hydrogen-bond donors (Lipinski definition) is 0. The van der Waals surface area contributed by atoms with Crippen molar-refractivity contribution in [1.29, 1.82) is 0 Å². The lowest BCUT2D eigenvalue weighted by Gasteiger charge is -2.33. The van der Waals surface area contributed by atoms with Crippen molar-refractivity contribution in [2.24, 2.45) is 0 Å². The molecule has 3 aromatic rings. The third-order valence-corrected chi connectivity index (χ3v) is 5.09. The van der Waals surface area contributed by atoms with Crippen LogP contribution >= 0.6 is 11.5 Å². The van der Waals surface area contributed by atoms with Crippen LogP contribution in [-0.4, -0.2) is 41.5 Å². The van der Waals surface area contributed by atoms with Crippen LogP contribution in [0.2, 0.25) is 0 Å². The molecule has 0 saturated carbocycles. The van der Waals surface area contributed by atoms with Gasteiger partial charge in [0, 0.05) is 18.7 Å². The van der Waals surface area contributed by atoms with Gasteiger partial charge < -0.3 is 9.47 Å². The van der Waals surface area contributed by atoms with E-state index in [1.807, 2.05) is 0 Å². The second-order valence-corrected chi connectivity index (χ2v) is 6.73. The molecular weight excluding hydrogens is 381 g/mol. The lowest BCUT2D eigenvalue weighted by Crippen LogP contribution is -2.41. The summed E-state index contributed by atoms with van der Waals surface area (Å²) in [6, 6.07) is 4.95. The van der Waals surface area contributed by atoms with Crippen LogP contribution in [-0.2, 0) is 6.54 Å². The molecule has 1 unspecified atom stereocenters. The molecular formula is C16H13F3N6OS. The summed E-state index contributed by atoms with van der Waals surface area (Å²) in [7, 11) is 0. The van der Waals surface area contributed by atoms with E-state index in [2.05, 4.69) is 19.6 Å². The molecule has 27 heavy (non-hydrogen) atoms. The predicted molar refractivity (Wildman–Crippen MR) is 89.7 cm³/mol. The monoisotopic (exact) mass is 394 g/mol. The van der Waals surface area contributed by atoms with Gasteiger partial charge in [0.25, 0.3) is 12.3 Å². The standard InChI is InChI=1S/C16H13F3N6OS/c1-8-13-21-22-14(15-20-12(11(18)19)23-27-15)25(13)7-6-24(8)16(26)9-2-4-10(17)5-3-9/h2-5,8,11H,6-7H2,1H3. The zero-order valence-corrected chi connectivity index (χ0v) is 14.8. The highest BCUT2D eigenvalue weighted by molar-refractivity contribution is 7.09. The largest absolute Gasteiger partial charge is 0.327 e. The summed E-state index contributed by atoms with van der Waals surface area (Å²) in [4.78, 5) is 18.2. The molecule has 11 heteroatoms. The van der Waals surface area contributed by atoms with Gasteiger partial charge in [-0.25, -0.2) is 18.2 Å². The number of aromatic nitrogens is 5. The van der Waals surface area contributed by atoms with E-state index in [0.29, 0.717) is 30.3 Å². The molecule has 1 aliphatic rings. The normalized spacial score (nSPS) is 16.6. The molecule has 1 aliphatic heterocycles. The summed E-state index contributed by atoms with van der Waals surface area (Å²) in [6.07, 6.45) is -2.75. The molecule has 0 bridgehead atoms. The van der Waals surface area contributed by atoms with Gasteiger partial charge in [-0.3, -0.25) is 4.79 Å². The van der Waals surface area contributed by atoms with Gasteiger partial charge >= 0.3 is 0 Å². The number of benzene rings is 1. The Balaban J connectivity index is 1.61. The van der Waals surface area contributed by atoms with Gasteiger partial charge in [0.2, 0.25) is 5.82 Å². The van der Waals surface area contributed by atoms with Crippen molar-refractivity contribution >= 4 is 17.4 Å². The Hall–Kier alpha value is -2.82.